The number of amides is 2. The second-order valence-electron chi connectivity index (χ2n) is 6.50. The summed E-state index contributed by atoms with van der Waals surface area (Å²) < 4.78 is 10.6. The van der Waals surface area contributed by atoms with Crippen LogP contribution in [0.5, 0.6) is 11.5 Å². The van der Waals surface area contributed by atoms with E-state index in [1.165, 1.54) is 0 Å². The van der Waals surface area contributed by atoms with E-state index in [0.29, 0.717) is 39.5 Å². The average molecular weight is 438 g/mol. The number of nitrogens with one attached hydrogen (secondary N) is 2. The Balaban J connectivity index is 1.55. The fourth-order valence-corrected chi connectivity index (χ4v) is 3.35. The minimum absolute atomic E-state index is 0.0569. The van der Waals surface area contributed by atoms with Crippen LogP contribution in [-0.4, -0.2) is 43.1 Å². The number of hydrogen-bond donors (Lipinski definition) is 2. The lowest BCUT2D eigenvalue weighted by molar-refractivity contribution is -0.120. The SMILES string of the molecule is CCCN(CC(=O)Nc1ccc2c(c1)OCO2)CC(=O)Nc1ccc(Cl)cc1Cl. The molecule has 1 aliphatic rings. The maximum atomic E-state index is 12.4. The van der Waals surface area contributed by atoms with Gasteiger partial charge in [0.05, 0.1) is 23.8 Å². The molecule has 9 heteroatoms. The van der Waals surface area contributed by atoms with E-state index in [0.717, 1.165) is 6.42 Å². The lowest BCUT2D eigenvalue weighted by Gasteiger charge is -2.21. The molecule has 0 spiro atoms. The Morgan fingerprint density at radius 1 is 1.00 bits per heavy atom. The number of rotatable bonds is 8. The molecular weight excluding hydrogens is 417 g/mol. The molecule has 0 radical (unpaired) electrons. The summed E-state index contributed by atoms with van der Waals surface area (Å²) in [4.78, 5) is 26.6. The van der Waals surface area contributed by atoms with Gasteiger partial charge < -0.3 is 20.1 Å². The number of carbonyl (C=O) groups excluding carboxylic acids is 2. The van der Waals surface area contributed by atoms with Gasteiger partial charge in [-0.3, -0.25) is 14.5 Å². The molecule has 2 amide bonds. The quantitative estimate of drug-likeness (QED) is 0.651. The molecule has 3 rings (SSSR count). The van der Waals surface area contributed by atoms with Crippen molar-refractivity contribution < 1.29 is 19.1 Å². The fraction of sp³-hybridized carbons (Fsp3) is 0.300. The number of hydrogen-bond acceptors (Lipinski definition) is 5. The molecule has 0 fully saturated rings. The standard InChI is InChI=1S/C20H21Cl2N3O4/c1-2-7-25(11-20(27)24-16-5-3-13(21)8-15(16)22)10-19(26)23-14-4-6-17-18(9-14)29-12-28-17/h3-6,8-9H,2,7,10-12H2,1H3,(H,23,26)(H,24,27). The summed E-state index contributed by atoms with van der Waals surface area (Å²) in [5, 5.41) is 6.40. The van der Waals surface area contributed by atoms with Crippen LogP contribution < -0.4 is 20.1 Å². The Bertz CT molecular complexity index is 907. The van der Waals surface area contributed by atoms with Crippen LogP contribution >= 0.6 is 23.2 Å². The van der Waals surface area contributed by atoms with E-state index in [1.807, 2.05) is 6.92 Å². The van der Waals surface area contributed by atoms with Crippen LogP contribution in [0.1, 0.15) is 13.3 Å². The molecule has 0 saturated carbocycles. The predicted octanol–water partition coefficient (Wildman–Crippen LogP) is 4.01. The van der Waals surface area contributed by atoms with Gasteiger partial charge in [0, 0.05) is 16.8 Å². The summed E-state index contributed by atoms with van der Waals surface area (Å²) in [6.07, 6.45) is 0.798. The zero-order valence-electron chi connectivity index (χ0n) is 15.8. The van der Waals surface area contributed by atoms with Gasteiger partial charge in [0.15, 0.2) is 11.5 Å². The highest BCUT2D eigenvalue weighted by Gasteiger charge is 2.17. The molecular formula is C20H21Cl2N3O4. The summed E-state index contributed by atoms with van der Waals surface area (Å²) in [6.45, 7) is 2.88. The third kappa shape index (κ3) is 6.00. The van der Waals surface area contributed by atoms with E-state index < -0.39 is 0 Å². The number of anilines is 2. The third-order valence-corrected chi connectivity index (χ3v) is 4.68. The molecule has 0 aliphatic carbocycles. The van der Waals surface area contributed by atoms with Crippen molar-refractivity contribution in [2.75, 3.05) is 37.1 Å². The van der Waals surface area contributed by atoms with Crippen LogP contribution in [-0.2, 0) is 9.59 Å². The molecule has 7 nitrogen and oxygen atoms in total. The van der Waals surface area contributed by atoms with E-state index in [-0.39, 0.29) is 31.7 Å². The highest BCUT2D eigenvalue weighted by atomic mass is 35.5. The molecule has 0 atom stereocenters. The summed E-state index contributed by atoms with van der Waals surface area (Å²) in [5.41, 5.74) is 1.08. The summed E-state index contributed by atoms with van der Waals surface area (Å²) >= 11 is 12.0. The minimum atomic E-state index is -0.265. The smallest absolute Gasteiger partial charge is 0.238 e. The van der Waals surface area contributed by atoms with Gasteiger partial charge in [-0.2, -0.15) is 0 Å². The predicted molar refractivity (Wildman–Crippen MR) is 113 cm³/mol. The maximum absolute atomic E-state index is 12.4. The van der Waals surface area contributed by atoms with Crippen LogP contribution in [0, 0.1) is 0 Å². The van der Waals surface area contributed by atoms with Crippen LogP contribution in [0.2, 0.25) is 10.0 Å². The van der Waals surface area contributed by atoms with E-state index in [2.05, 4.69) is 10.6 Å². The molecule has 1 aliphatic heterocycles. The Morgan fingerprint density at radius 2 is 1.72 bits per heavy atom. The van der Waals surface area contributed by atoms with Crippen LogP contribution in [0.3, 0.4) is 0 Å². The van der Waals surface area contributed by atoms with Gasteiger partial charge in [-0.15, -0.1) is 0 Å². The lowest BCUT2D eigenvalue weighted by Crippen LogP contribution is -2.39. The highest BCUT2D eigenvalue weighted by molar-refractivity contribution is 6.36. The van der Waals surface area contributed by atoms with Crippen molar-refractivity contribution in [1.29, 1.82) is 0 Å². The first kappa shape index (κ1) is 21.2. The van der Waals surface area contributed by atoms with Gasteiger partial charge >= 0.3 is 0 Å². The average Bonchev–Trinajstić information content (AvgIpc) is 3.12. The Hall–Kier alpha value is -2.48. The van der Waals surface area contributed by atoms with E-state index >= 15 is 0 Å². The normalized spacial score (nSPS) is 12.1. The number of fused-ring (bicyclic) bond motifs is 1. The third-order valence-electron chi connectivity index (χ3n) is 4.14. The van der Waals surface area contributed by atoms with E-state index in [9.17, 15) is 9.59 Å². The molecule has 154 valence electrons. The molecule has 0 saturated heterocycles. The second kappa shape index (κ2) is 9.82. The van der Waals surface area contributed by atoms with Crippen molar-refractivity contribution in [3.8, 4) is 11.5 Å². The number of ether oxygens (including phenoxy) is 2. The van der Waals surface area contributed by atoms with Crippen molar-refractivity contribution >= 4 is 46.4 Å². The lowest BCUT2D eigenvalue weighted by atomic mass is 10.2. The Kier molecular flexibility index (Phi) is 7.19. The number of carbonyl (C=O) groups is 2. The summed E-state index contributed by atoms with van der Waals surface area (Å²) in [5.74, 6) is 0.744. The van der Waals surface area contributed by atoms with Crippen molar-refractivity contribution in [2.24, 2.45) is 0 Å². The first-order valence-electron chi connectivity index (χ1n) is 9.11. The highest BCUT2D eigenvalue weighted by Crippen LogP contribution is 2.34. The zero-order chi connectivity index (χ0) is 20.8. The van der Waals surface area contributed by atoms with Crippen molar-refractivity contribution in [1.82, 2.24) is 4.90 Å². The van der Waals surface area contributed by atoms with E-state index in [1.54, 1.807) is 41.3 Å². The second-order valence-corrected chi connectivity index (χ2v) is 7.34. The van der Waals surface area contributed by atoms with Crippen LogP contribution in [0.15, 0.2) is 36.4 Å². The van der Waals surface area contributed by atoms with Gasteiger partial charge in [0.25, 0.3) is 0 Å². The van der Waals surface area contributed by atoms with Crippen LogP contribution in [0.4, 0.5) is 11.4 Å². The van der Waals surface area contributed by atoms with Gasteiger partial charge in [-0.05, 0) is 43.3 Å². The molecule has 0 bridgehead atoms. The minimum Gasteiger partial charge on any atom is -0.454 e. The molecule has 2 aromatic carbocycles. The van der Waals surface area contributed by atoms with E-state index in [4.69, 9.17) is 32.7 Å². The zero-order valence-corrected chi connectivity index (χ0v) is 17.3. The van der Waals surface area contributed by atoms with Crippen LogP contribution in [0.25, 0.3) is 0 Å². The molecule has 2 N–H and O–H groups in total. The van der Waals surface area contributed by atoms with Gasteiger partial charge in [-0.1, -0.05) is 30.1 Å². The van der Waals surface area contributed by atoms with Gasteiger partial charge in [0.2, 0.25) is 18.6 Å². The summed E-state index contributed by atoms with van der Waals surface area (Å²) in [6, 6.07) is 10.0. The number of benzene rings is 2. The first-order valence-corrected chi connectivity index (χ1v) is 9.87. The van der Waals surface area contributed by atoms with Crippen molar-refractivity contribution in [2.45, 2.75) is 13.3 Å². The van der Waals surface area contributed by atoms with Crippen molar-refractivity contribution in [3.05, 3.63) is 46.4 Å². The Labute approximate surface area is 178 Å². The topological polar surface area (TPSA) is 79.9 Å². The number of halogens is 2. The first-order chi connectivity index (χ1) is 13.9. The largest absolute Gasteiger partial charge is 0.454 e. The summed E-state index contributed by atoms with van der Waals surface area (Å²) in [7, 11) is 0. The maximum Gasteiger partial charge on any atom is 0.238 e. The fourth-order valence-electron chi connectivity index (χ4n) is 2.89. The van der Waals surface area contributed by atoms with Gasteiger partial charge in [-0.25, -0.2) is 0 Å². The molecule has 0 unspecified atom stereocenters. The van der Waals surface area contributed by atoms with Gasteiger partial charge in [0.1, 0.15) is 0 Å². The molecule has 1 heterocycles. The Morgan fingerprint density at radius 3 is 2.45 bits per heavy atom. The molecule has 0 aromatic heterocycles. The molecule has 2 aromatic rings. The molecule has 29 heavy (non-hydrogen) atoms. The number of nitrogens with zero attached hydrogens (tertiary/aromatic N) is 1. The van der Waals surface area contributed by atoms with Crippen molar-refractivity contribution in [3.63, 3.8) is 0 Å². The monoisotopic (exact) mass is 437 g/mol.